The van der Waals surface area contributed by atoms with Gasteiger partial charge in [-0.25, -0.2) is 4.79 Å². The first-order valence-electron chi connectivity index (χ1n) is 6.10. The van der Waals surface area contributed by atoms with Crippen molar-refractivity contribution in [3.8, 4) is 11.5 Å². The van der Waals surface area contributed by atoms with E-state index in [1.165, 1.54) is 6.07 Å². The zero-order valence-corrected chi connectivity index (χ0v) is 10.7. The quantitative estimate of drug-likeness (QED) is 0.741. The Kier molecular flexibility index (Phi) is 3.19. The van der Waals surface area contributed by atoms with Crippen LogP contribution in [-0.2, 0) is 6.61 Å². The lowest BCUT2D eigenvalue weighted by molar-refractivity contribution is 0.264. The van der Waals surface area contributed by atoms with Gasteiger partial charge in [-0.05, 0) is 12.1 Å². The summed E-state index contributed by atoms with van der Waals surface area (Å²) in [7, 11) is 0. The summed E-state index contributed by atoms with van der Waals surface area (Å²) >= 11 is 0. The maximum Gasteiger partial charge on any atom is 0.339 e. The number of rotatable bonds is 3. The van der Waals surface area contributed by atoms with Gasteiger partial charge in [0.05, 0.1) is 11.5 Å². The second kappa shape index (κ2) is 5.16. The van der Waals surface area contributed by atoms with Crippen LogP contribution in [0.15, 0.2) is 61.1 Å². The highest BCUT2D eigenvalue weighted by molar-refractivity contribution is 5.82. The summed E-state index contributed by atoms with van der Waals surface area (Å²) in [6.45, 7) is -0.0526. The molecule has 2 heterocycles. The fourth-order valence-electron chi connectivity index (χ4n) is 1.87. The maximum atomic E-state index is 11.5. The van der Waals surface area contributed by atoms with Crippen molar-refractivity contribution < 1.29 is 18.7 Å². The molecule has 106 valence electrons. The minimum atomic E-state index is -0.558. The van der Waals surface area contributed by atoms with Crippen molar-refractivity contribution in [2.75, 3.05) is 0 Å². The third kappa shape index (κ3) is 2.64. The second-order valence-electron chi connectivity index (χ2n) is 4.31. The molecule has 1 N–H and O–H groups in total. The normalized spacial score (nSPS) is 10.7. The van der Waals surface area contributed by atoms with Gasteiger partial charge in [0.2, 0.25) is 5.43 Å². The predicted molar refractivity (Wildman–Crippen MR) is 73.5 cm³/mol. The largest absolute Gasteiger partial charge is 0.502 e. The summed E-state index contributed by atoms with van der Waals surface area (Å²) in [6.07, 6.45) is 0.943. The van der Waals surface area contributed by atoms with Gasteiger partial charge in [-0.15, -0.1) is 0 Å². The minimum absolute atomic E-state index is 0.0526. The number of benzene rings is 1. The molecule has 0 aliphatic heterocycles. The van der Waals surface area contributed by atoms with E-state index in [2.05, 4.69) is 0 Å². The van der Waals surface area contributed by atoms with Crippen molar-refractivity contribution in [2.24, 2.45) is 0 Å². The average Bonchev–Trinajstić information content (AvgIpc) is 2.48. The maximum absolute atomic E-state index is 11.5. The van der Waals surface area contributed by atoms with Crippen LogP contribution in [0.5, 0.6) is 11.5 Å². The smallest absolute Gasteiger partial charge is 0.339 e. The van der Waals surface area contributed by atoms with E-state index in [1.54, 1.807) is 24.3 Å². The van der Waals surface area contributed by atoms with Crippen molar-refractivity contribution in [1.29, 1.82) is 0 Å². The van der Waals surface area contributed by atoms with Crippen molar-refractivity contribution in [1.82, 2.24) is 0 Å². The van der Waals surface area contributed by atoms with Gasteiger partial charge in [0.15, 0.2) is 5.75 Å². The van der Waals surface area contributed by atoms with Crippen LogP contribution in [-0.4, -0.2) is 5.11 Å². The molecule has 0 saturated heterocycles. The fourth-order valence-corrected chi connectivity index (χ4v) is 1.87. The monoisotopic (exact) mass is 286 g/mol. The van der Waals surface area contributed by atoms with E-state index in [1.807, 2.05) is 0 Å². The first-order valence-corrected chi connectivity index (χ1v) is 6.10. The Hall–Kier alpha value is -3.02. The van der Waals surface area contributed by atoms with Crippen molar-refractivity contribution in [3.63, 3.8) is 0 Å². The summed E-state index contributed by atoms with van der Waals surface area (Å²) in [5, 5.41) is 9.74. The molecule has 0 saturated carbocycles. The highest BCUT2D eigenvalue weighted by Crippen LogP contribution is 2.24. The summed E-state index contributed by atoms with van der Waals surface area (Å²) in [5.74, 6) is 0.0947. The standard InChI is InChI=1S/C15H10O6/c16-11-5-9(19-8-12(11)17)7-20-14-6-15(18)21-13-4-2-1-3-10(13)14/h1-6,8,17H,7H2. The Morgan fingerprint density at radius 1 is 1.14 bits per heavy atom. The molecule has 0 fully saturated rings. The Balaban J connectivity index is 1.93. The predicted octanol–water partition coefficient (Wildman–Crippen LogP) is 2.03. The molecule has 6 heteroatoms. The number of aromatic hydroxyl groups is 1. The van der Waals surface area contributed by atoms with E-state index < -0.39 is 16.8 Å². The van der Waals surface area contributed by atoms with Crippen LogP contribution in [0.1, 0.15) is 5.76 Å². The number of ether oxygens (including phenoxy) is 1. The molecular formula is C15H10O6. The first-order chi connectivity index (χ1) is 10.1. The number of fused-ring (bicyclic) bond motifs is 1. The Morgan fingerprint density at radius 2 is 1.95 bits per heavy atom. The molecule has 0 amide bonds. The molecule has 0 aliphatic rings. The van der Waals surface area contributed by atoms with Gasteiger partial charge in [-0.3, -0.25) is 4.79 Å². The van der Waals surface area contributed by atoms with Gasteiger partial charge in [0, 0.05) is 6.07 Å². The van der Waals surface area contributed by atoms with Gasteiger partial charge in [-0.2, -0.15) is 0 Å². The molecule has 1 aromatic carbocycles. The lowest BCUT2D eigenvalue weighted by Gasteiger charge is -2.07. The molecule has 0 aliphatic carbocycles. The zero-order valence-electron chi connectivity index (χ0n) is 10.7. The van der Waals surface area contributed by atoms with Gasteiger partial charge in [0.25, 0.3) is 0 Å². The molecule has 0 radical (unpaired) electrons. The summed E-state index contributed by atoms with van der Waals surface area (Å²) in [6, 6.07) is 9.29. The topological polar surface area (TPSA) is 89.9 Å². The third-order valence-electron chi connectivity index (χ3n) is 2.85. The Morgan fingerprint density at radius 3 is 2.76 bits per heavy atom. The van der Waals surface area contributed by atoms with Crippen molar-refractivity contribution in [2.45, 2.75) is 6.61 Å². The fraction of sp³-hybridized carbons (Fsp3) is 0.0667. The molecule has 3 rings (SSSR count). The van der Waals surface area contributed by atoms with Crippen LogP contribution in [0.2, 0.25) is 0 Å². The molecule has 6 nitrogen and oxygen atoms in total. The number of hydrogen-bond donors (Lipinski definition) is 1. The molecule has 0 atom stereocenters. The SMILES string of the molecule is O=c1cc(OCc2cc(=O)c(O)co2)c2ccccc2o1. The van der Waals surface area contributed by atoms with Gasteiger partial charge in [-0.1, -0.05) is 12.1 Å². The highest BCUT2D eigenvalue weighted by atomic mass is 16.5. The highest BCUT2D eigenvalue weighted by Gasteiger charge is 2.08. The van der Waals surface area contributed by atoms with Crippen LogP contribution in [0.25, 0.3) is 11.0 Å². The lowest BCUT2D eigenvalue weighted by atomic mass is 10.2. The second-order valence-corrected chi connectivity index (χ2v) is 4.31. The van der Waals surface area contributed by atoms with E-state index >= 15 is 0 Å². The van der Waals surface area contributed by atoms with E-state index in [4.69, 9.17) is 18.7 Å². The average molecular weight is 286 g/mol. The van der Waals surface area contributed by atoms with Crippen LogP contribution < -0.4 is 15.8 Å². The van der Waals surface area contributed by atoms with Crippen LogP contribution in [0.3, 0.4) is 0 Å². The summed E-state index contributed by atoms with van der Waals surface area (Å²) in [4.78, 5) is 22.7. The molecule has 3 aromatic rings. The van der Waals surface area contributed by atoms with E-state index in [-0.39, 0.29) is 12.4 Å². The van der Waals surface area contributed by atoms with Crippen molar-refractivity contribution in [3.05, 3.63) is 69.1 Å². The number of hydrogen-bond acceptors (Lipinski definition) is 6. The van der Waals surface area contributed by atoms with Gasteiger partial charge in [0.1, 0.15) is 30.0 Å². The van der Waals surface area contributed by atoms with Gasteiger partial charge < -0.3 is 18.7 Å². The van der Waals surface area contributed by atoms with Gasteiger partial charge >= 0.3 is 5.63 Å². The zero-order chi connectivity index (χ0) is 14.8. The third-order valence-corrected chi connectivity index (χ3v) is 2.85. The van der Waals surface area contributed by atoms with E-state index in [0.717, 1.165) is 12.3 Å². The molecule has 2 aromatic heterocycles. The summed E-state index contributed by atoms with van der Waals surface area (Å²) < 4.78 is 15.6. The minimum Gasteiger partial charge on any atom is -0.502 e. The molecule has 0 spiro atoms. The number of para-hydroxylation sites is 1. The lowest BCUT2D eigenvalue weighted by Crippen LogP contribution is -2.05. The Bertz CT molecular complexity index is 906. The molecule has 0 bridgehead atoms. The van der Waals surface area contributed by atoms with Crippen molar-refractivity contribution >= 4 is 11.0 Å². The van der Waals surface area contributed by atoms with Crippen LogP contribution in [0, 0.1) is 0 Å². The Labute approximate surface area is 117 Å². The first kappa shape index (κ1) is 13.0. The molecule has 21 heavy (non-hydrogen) atoms. The molecular weight excluding hydrogens is 276 g/mol. The van der Waals surface area contributed by atoms with Crippen LogP contribution in [0.4, 0.5) is 0 Å². The summed E-state index contributed by atoms with van der Waals surface area (Å²) in [5.41, 5.74) is -0.680. The molecule has 0 unspecified atom stereocenters. The van der Waals surface area contributed by atoms with E-state index in [9.17, 15) is 9.59 Å². The van der Waals surface area contributed by atoms with Crippen LogP contribution >= 0.6 is 0 Å². The van der Waals surface area contributed by atoms with E-state index in [0.29, 0.717) is 16.7 Å².